The monoisotopic (exact) mass is 1020 g/mol. The van der Waals surface area contributed by atoms with Crippen LogP contribution in [0.5, 0.6) is 11.5 Å². The molecule has 2 unspecified atom stereocenters. The molecule has 4 aromatic rings. The zero-order valence-corrected chi connectivity index (χ0v) is 42.9. The minimum absolute atomic E-state index is 0.000558. The number of aromatic amines is 1. The van der Waals surface area contributed by atoms with Crippen molar-refractivity contribution in [2.75, 3.05) is 40.6 Å². The van der Waals surface area contributed by atoms with E-state index in [1.54, 1.807) is 14.2 Å². The first-order valence-electron chi connectivity index (χ1n) is 23.7. The SMILES string of the molecule is COc1ccc(C(OC[C@H]2O[C@@H](n3ccc(=O)[nH]c3=O)[C@@H](OCC(COC(=O)CCC(C)=O)OC(=O)CCC(C)=O)[C@@H]2OP(OCCC#N)N(C(C)C)C(C)C)(c2ccccc2)c2ccc(OC)cc2)cc1. The lowest BCUT2D eigenvalue weighted by Gasteiger charge is -2.39. The fourth-order valence-electron chi connectivity index (χ4n) is 8.07. The van der Waals surface area contributed by atoms with Crippen LogP contribution in [0.3, 0.4) is 0 Å². The quantitative estimate of drug-likeness (QED) is 0.0258. The highest BCUT2D eigenvalue weighted by atomic mass is 31.2. The van der Waals surface area contributed by atoms with E-state index >= 15 is 0 Å². The second-order valence-corrected chi connectivity index (χ2v) is 18.9. The van der Waals surface area contributed by atoms with Crippen LogP contribution < -0.4 is 20.7 Å². The Kier molecular flexibility index (Phi) is 21.8. The maximum absolute atomic E-state index is 13.8. The van der Waals surface area contributed by atoms with E-state index in [-0.39, 0.29) is 69.0 Å². The van der Waals surface area contributed by atoms with Crippen LogP contribution in [-0.4, -0.2) is 115 Å². The predicted octanol–water partition coefficient (Wildman–Crippen LogP) is 6.70. The number of ketones is 2. The van der Waals surface area contributed by atoms with E-state index in [1.807, 2.05) is 111 Å². The molecule has 0 saturated carbocycles. The molecule has 1 N–H and O–H groups in total. The Morgan fingerprint density at radius 3 is 1.88 bits per heavy atom. The number of H-pyrrole nitrogens is 1. The molecule has 0 bridgehead atoms. The number of aromatic nitrogens is 2. The van der Waals surface area contributed by atoms with Crippen LogP contribution in [0.15, 0.2) is 101 Å². The number of esters is 2. The number of carbonyl (C=O) groups is 4. The van der Waals surface area contributed by atoms with Gasteiger partial charge in [-0.25, -0.2) is 9.46 Å². The summed E-state index contributed by atoms with van der Waals surface area (Å²) in [6.45, 7) is 9.32. The highest BCUT2D eigenvalue weighted by Gasteiger charge is 2.52. The van der Waals surface area contributed by atoms with Crippen molar-refractivity contribution in [3.63, 3.8) is 0 Å². The summed E-state index contributed by atoms with van der Waals surface area (Å²) in [5.41, 5.74) is -0.737. The van der Waals surface area contributed by atoms with E-state index in [0.29, 0.717) is 22.6 Å². The minimum Gasteiger partial charge on any atom is -0.497 e. The zero-order valence-electron chi connectivity index (χ0n) is 42.0. The molecule has 72 heavy (non-hydrogen) atoms. The van der Waals surface area contributed by atoms with Gasteiger partial charge < -0.3 is 51.8 Å². The summed E-state index contributed by atoms with van der Waals surface area (Å²) in [5.74, 6) is -0.765. The standard InChI is InChI=1S/C52H65N4O15P/c1-34(2)56(35(3)4)72(68-30-12-28-53)71-48-44(33-67-52(38-13-10-9-11-14-38,39-17-21-41(63-7)22-18-39)40-19-23-42(64-8)24-20-40)70-50(55-29-27-45(59)54-51(55)62)49(48)66-32-43(69-47(61)26-16-37(6)58)31-65-46(60)25-15-36(5)57/h9-11,13-14,17-24,27,29,34-35,43-44,48-50H,12,15-16,25-26,30-33H2,1-8H3,(H,54,59,62)/t43?,44-,48-,49+,50-,72?/m1/s1. The van der Waals surface area contributed by atoms with Gasteiger partial charge in [0.15, 0.2) is 12.3 Å². The molecular formula is C52H65N4O15P. The number of hydrogen-bond donors (Lipinski definition) is 1. The van der Waals surface area contributed by atoms with E-state index in [1.165, 1.54) is 20.0 Å². The Morgan fingerprint density at radius 2 is 1.35 bits per heavy atom. The number of rotatable bonds is 29. The maximum Gasteiger partial charge on any atom is 0.330 e. The van der Waals surface area contributed by atoms with E-state index < -0.39 is 81.2 Å². The average molecular weight is 1020 g/mol. The van der Waals surface area contributed by atoms with Crippen molar-refractivity contribution in [3.8, 4) is 17.6 Å². The second kappa shape index (κ2) is 27.6. The van der Waals surface area contributed by atoms with E-state index in [4.69, 9.17) is 42.2 Å². The summed E-state index contributed by atoms with van der Waals surface area (Å²) in [6, 6.07) is 27.4. The molecular weight excluding hydrogens is 952 g/mol. The van der Waals surface area contributed by atoms with Gasteiger partial charge >= 0.3 is 17.6 Å². The van der Waals surface area contributed by atoms with Gasteiger partial charge in [-0.2, -0.15) is 5.26 Å². The van der Waals surface area contributed by atoms with Gasteiger partial charge in [-0.15, -0.1) is 0 Å². The van der Waals surface area contributed by atoms with Crippen LogP contribution in [-0.2, 0) is 57.5 Å². The van der Waals surface area contributed by atoms with Crippen molar-refractivity contribution in [1.82, 2.24) is 14.2 Å². The van der Waals surface area contributed by atoms with Crippen LogP contribution in [0.2, 0.25) is 0 Å². The Balaban J connectivity index is 1.68. The summed E-state index contributed by atoms with van der Waals surface area (Å²) in [5, 5.41) is 9.57. The van der Waals surface area contributed by atoms with Crippen molar-refractivity contribution in [1.29, 1.82) is 5.26 Å². The molecule has 1 aliphatic heterocycles. The number of benzene rings is 3. The lowest BCUT2D eigenvalue weighted by atomic mass is 9.80. The molecule has 19 nitrogen and oxygen atoms in total. The highest BCUT2D eigenvalue weighted by molar-refractivity contribution is 7.44. The van der Waals surface area contributed by atoms with Gasteiger partial charge in [0.2, 0.25) is 0 Å². The predicted molar refractivity (Wildman–Crippen MR) is 264 cm³/mol. The number of Topliss-reactive ketones (excluding diaryl/α,β-unsaturated/α-hetero) is 2. The molecule has 0 radical (unpaired) electrons. The number of nitriles is 1. The Hall–Kier alpha value is -6.10. The van der Waals surface area contributed by atoms with E-state index in [0.717, 1.165) is 16.2 Å². The van der Waals surface area contributed by atoms with Crippen LogP contribution in [0.4, 0.5) is 0 Å². The molecule has 6 atom stereocenters. The van der Waals surface area contributed by atoms with Crippen molar-refractivity contribution in [3.05, 3.63) is 129 Å². The molecule has 1 saturated heterocycles. The summed E-state index contributed by atoms with van der Waals surface area (Å²) < 4.78 is 59.9. The number of nitrogens with one attached hydrogen (secondary N) is 1. The lowest BCUT2D eigenvalue weighted by molar-refractivity contribution is -0.167. The van der Waals surface area contributed by atoms with E-state index in [2.05, 4.69) is 11.1 Å². The van der Waals surface area contributed by atoms with Crippen LogP contribution in [0, 0.1) is 11.3 Å². The van der Waals surface area contributed by atoms with Gasteiger partial charge in [0, 0.05) is 37.2 Å². The number of carbonyl (C=O) groups excluding carboxylic acids is 4. The van der Waals surface area contributed by atoms with Gasteiger partial charge in [-0.3, -0.25) is 23.9 Å². The van der Waals surface area contributed by atoms with Crippen molar-refractivity contribution < 1.29 is 61.4 Å². The Labute approximate surface area is 420 Å². The number of hydrogen-bond acceptors (Lipinski definition) is 17. The Bertz CT molecular complexity index is 2490. The van der Waals surface area contributed by atoms with Gasteiger partial charge in [-0.05, 0) is 82.5 Å². The third-order valence-corrected chi connectivity index (χ3v) is 13.6. The second-order valence-electron chi connectivity index (χ2n) is 17.5. The summed E-state index contributed by atoms with van der Waals surface area (Å²) in [6.07, 6.45) is -5.63. The van der Waals surface area contributed by atoms with Gasteiger partial charge in [0.25, 0.3) is 14.1 Å². The normalized spacial score (nSPS) is 17.6. The largest absolute Gasteiger partial charge is 0.497 e. The van der Waals surface area contributed by atoms with E-state index in [9.17, 15) is 34.0 Å². The smallest absolute Gasteiger partial charge is 0.330 e. The topological polar surface area (TPSA) is 233 Å². The molecule has 2 heterocycles. The lowest BCUT2D eigenvalue weighted by Crippen LogP contribution is -2.44. The van der Waals surface area contributed by atoms with Crippen molar-refractivity contribution in [2.24, 2.45) is 0 Å². The molecule has 388 valence electrons. The van der Waals surface area contributed by atoms with Crippen LogP contribution >= 0.6 is 8.53 Å². The molecule has 20 heteroatoms. The molecule has 1 aliphatic rings. The highest BCUT2D eigenvalue weighted by Crippen LogP contribution is 2.51. The zero-order chi connectivity index (χ0) is 52.4. The van der Waals surface area contributed by atoms with Crippen LogP contribution in [0.25, 0.3) is 0 Å². The summed E-state index contributed by atoms with van der Waals surface area (Å²) in [7, 11) is 1.09. The van der Waals surface area contributed by atoms with Crippen molar-refractivity contribution >= 4 is 32.0 Å². The van der Waals surface area contributed by atoms with Gasteiger partial charge in [0.1, 0.15) is 53.6 Å². The van der Waals surface area contributed by atoms with Gasteiger partial charge in [0.05, 0.1) is 59.4 Å². The molecule has 3 aromatic carbocycles. The summed E-state index contributed by atoms with van der Waals surface area (Å²) >= 11 is 0. The average Bonchev–Trinajstić information content (AvgIpc) is 3.69. The van der Waals surface area contributed by atoms with Gasteiger partial charge in [-0.1, -0.05) is 54.6 Å². The maximum atomic E-state index is 13.8. The molecule has 1 fully saturated rings. The number of ether oxygens (including phenoxy) is 7. The number of nitrogens with zero attached hydrogens (tertiary/aromatic N) is 3. The fourth-order valence-corrected chi connectivity index (χ4v) is 9.84. The first kappa shape index (κ1) is 56.8. The number of methoxy groups -OCH3 is 2. The first-order valence-corrected chi connectivity index (χ1v) is 24.8. The fraction of sp³-hybridized carbons (Fsp3) is 0.481. The molecule has 1 aromatic heterocycles. The molecule has 0 aliphatic carbocycles. The Morgan fingerprint density at radius 1 is 0.778 bits per heavy atom. The summed E-state index contributed by atoms with van der Waals surface area (Å²) in [4.78, 5) is 77.9. The first-order chi connectivity index (χ1) is 34.5. The molecule has 5 rings (SSSR count). The molecule has 0 amide bonds. The van der Waals surface area contributed by atoms with Crippen molar-refractivity contribution in [2.45, 2.75) is 122 Å². The van der Waals surface area contributed by atoms with Crippen LogP contribution in [0.1, 0.15) is 96.6 Å². The molecule has 0 spiro atoms. The third-order valence-electron chi connectivity index (χ3n) is 11.5. The minimum atomic E-state index is -2.06. The third kappa shape index (κ3) is 15.5.